The summed E-state index contributed by atoms with van der Waals surface area (Å²) >= 11 is 1.08. The van der Waals surface area contributed by atoms with E-state index in [4.69, 9.17) is 10.7 Å². The second-order valence-corrected chi connectivity index (χ2v) is 9.61. The Morgan fingerprint density at radius 2 is 2.09 bits per heavy atom. The zero-order valence-corrected chi connectivity index (χ0v) is 18.7. The maximum absolute atomic E-state index is 13.6. The molecule has 0 bridgehead atoms. The Kier molecular flexibility index (Phi) is 5.60. The van der Waals surface area contributed by atoms with Gasteiger partial charge in [0.15, 0.2) is 0 Å². The molecule has 1 aromatic carbocycles. The molecule has 2 fully saturated rings. The van der Waals surface area contributed by atoms with Crippen LogP contribution in [0.1, 0.15) is 33.6 Å². The van der Waals surface area contributed by atoms with Crippen LogP contribution in [0.15, 0.2) is 35.1 Å². The molecule has 0 saturated carbocycles. The monoisotopic (exact) mass is 466 g/mol. The predicted octanol–water partition coefficient (Wildman–Crippen LogP) is 2.10. The first-order valence-corrected chi connectivity index (χ1v) is 11.7. The number of nitriles is 1. The average molecular weight is 467 g/mol. The summed E-state index contributed by atoms with van der Waals surface area (Å²) in [6, 6.07) is 10.9. The number of alkyl halides is 1. The Morgan fingerprint density at radius 3 is 2.82 bits per heavy atom. The third-order valence-electron chi connectivity index (χ3n) is 6.16. The van der Waals surface area contributed by atoms with Crippen LogP contribution in [-0.2, 0) is 6.54 Å². The minimum Gasteiger partial charge on any atom is -0.341 e. The van der Waals surface area contributed by atoms with Crippen molar-refractivity contribution in [3.05, 3.63) is 56.7 Å². The normalized spacial score (nSPS) is 18.9. The van der Waals surface area contributed by atoms with Crippen molar-refractivity contribution in [2.24, 2.45) is 5.73 Å². The number of likely N-dealkylation sites (tertiary alicyclic amines) is 1. The van der Waals surface area contributed by atoms with Crippen molar-refractivity contribution in [1.29, 1.82) is 5.26 Å². The molecule has 8 nitrogen and oxygen atoms in total. The molecular weight excluding hydrogens is 443 g/mol. The molecule has 2 aliphatic rings. The van der Waals surface area contributed by atoms with E-state index in [1.807, 2.05) is 17.0 Å². The molecule has 2 aromatic heterocycles. The topological polar surface area (TPSA) is 108 Å². The Labute approximate surface area is 193 Å². The largest absolute Gasteiger partial charge is 0.341 e. The molecule has 33 heavy (non-hydrogen) atoms. The first kappa shape index (κ1) is 21.6. The van der Waals surface area contributed by atoms with Gasteiger partial charge in [-0.15, -0.1) is 11.3 Å². The molecular formula is C23H23FN6O2S. The fourth-order valence-electron chi connectivity index (χ4n) is 4.36. The van der Waals surface area contributed by atoms with E-state index < -0.39 is 6.17 Å². The maximum Gasteiger partial charge on any atom is 0.273 e. The van der Waals surface area contributed by atoms with Crippen LogP contribution >= 0.6 is 11.3 Å². The quantitative estimate of drug-likeness (QED) is 0.631. The van der Waals surface area contributed by atoms with Gasteiger partial charge in [-0.3, -0.25) is 14.2 Å². The van der Waals surface area contributed by atoms with E-state index in [0.29, 0.717) is 45.3 Å². The second kappa shape index (κ2) is 8.57. The summed E-state index contributed by atoms with van der Waals surface area (Å²) < 4.78 is 15.2. The van der Waals surface area contributed by atoms with Gasteiger partial charge in [0.1, 0.15) is 10.9 Å². The summed E-state index contributed by atoms with van der Waals surface area (Å²) in [5.41, 5.74) is 7.58. The molecule has 2 N–H and O–H groups in total. The Bertz CT molecular complexity index is 1320. The van der Waals surface area contributed by atoms with Gasteiger partial charge in [0.25, 0.3) is 11.5 Å². The second-order valence-electron chi connectivity index (χ2n) is 8.55. The van der Waals surface area contributed by atoms with Crippen molar-refractivity contribution in [2.75, 3.05) is 31.1 Å². The van der Waals surface area contributed by atoms with Crippen LogP contribution < -0.4 is 16.2 Å². The summed E-state index contributed by atoms with van der Waals surface area (Å²) in [5, 5.41) is 9.51. The van der Waals surface area contributed by atoms with Gasteiger partial charge in [-0.1, -0.05) is 18.2 Å². The number of anilines is 1. The van der Waals surface area contributed by atoms with E-state index in [0.717, 1.165) is 24.2 Å². The lowest BCUT2D eigenvalue weighted by atomic mass is 10.1. The van der Waals surface area contributed by atoms with Crippen LogP contribution in [0.25, 0.3) is 10.2 Å². The first-order chi connectivity index (χ1) is 15.9. The molecule has 10 heteroatoms. The number of hydrogen-bond donors (Lipinski definition) is 1. The summed E-state index contributed by atoms with van der Waals surface area (Å²) in [6.07, 6.45) is 0.799. The highest BCUT2D eigenvalue weighted by atomic mass is 32.1. The van der Waals surface area contributed by atoms with Crippen LogP contribution in [0, 0.1) is 11.3 Å². The fraction of sp³-hybridized carbons (Fsp3) is 0.391. The number of hydrogen-bond acceptors (Lipinski definition) is 7. The molecule has 0 aliphatic carbocycles. The molecule has 2 saturated heterocycles. The minimum atomic E-state index is -0.992. The van der Waals surface area contributed by atoms with Gasteiger partial charge >= 0.3 is 0 Å². The highest BCUT2D eigenvalue weighted by Gasteiger charge is 2.32. The molecule has 3 aromatic rings. The molecule has 2 aliphatic heterocycles. The molecule has 1 amide bonds. The number of piperidine rings is 1. The average Bonchev–Trinajstić information content (AvgIpc) is 3.23. The van der Waals surface area contributed by atoms with Crippen molar-refractivity contribution < 1.29 is 9.18 Å². The molecule has 5 rings (SSSR count). The van der Waals surface area contributed by atoms with Gasteiger partial charge < -0.3 is 15.5 Å². The van der Waals surface area contributed by atoms with Gasteiger partial charge in [0.2, 0.25) is 5.95 Å². The molecule has 4 heterocycles. The number of halogens is 1. The minimum absolute atomic E-state index is 0.0223. The Morgan fingerprint density at radius 1 is 1.30 bits per heavy atom. The van der Waals surface area contributed by atoms with Gasteiger partial charge in [-0.25, -0.2) is 9.37 Å². The van der Waals surface area contributed by atoms with E-state index in [1.54, 1.807) is 22.8 Å². The van der Waals surface area contributed by atoms with Crippen molar-refractivity contribution in [3.63, 3.8) is 0 Å². The smallest absolute Gasteiger partial charge is 0.273 e. The number of carbonyl (C=O) groups excluding carboxylic acids is 1. The molecule has 0 unspecified atom stereocenters. The standard InChI is InChI=1S/C23H23FN6O2S/c24-16-11-29(12-16)21(31)19-8-18-20(33-19)22(32)30(10-15-5-2-1-4-14(15)9-25)23(27-18)28-7-3-6-17(26)13-28/h1-2,4-5,8,16-17H,3,6-7,10-13,26H2/t17-/m1/s1. The summed E-state index contributed by atoms with van der Waals surface area (Å²) in [4.78, 5) is 34.9. The number of fused-ring (bicyclic) bond motifs is 1. The van der Waals surface area contributed by atoms with E-state index in [-0.39, 0.29) is 37.1 Å². The van der Waals surface area contributed by atoms with Gasteiger partial charge in [0.05, 0.1) is 41.7 Å². The van der Waals surface area contributed by atoms with E-state index in [2.05, 4.69) is 6.07 Å². The predicted molar refractivity (Wildman–Crippen MR) is 124 cm³/mol. The van der Waals surface area contributed by atoms with Crippen molar-refractivity contribution in [3.8, 4) is 6.07 Å². The summed E-state index contributed by atoms with van der Waals surface area (Å²) in [7, 11) is 0. The number of amides is 1. The zero-order chi connectivity index (χ0) is 23.1. The first-order valence-electron chi connectivity index (χ1n) is 10.9. The molecule has 0 radical (unpaired) electrons. The fourth-order valence-corrected chi connectivity index (χ4v) is 5.38. The number of benzene rings is 1. The van der Waals surface area contributed by atoms with Gasteiger partial charge in [-0.2, -0.15) is 5.26 Å². The molecule has 0 spiro atoms. The number of nitrogens with zero attached hydrogens (tertiary/aromatic N) is 5. The Hall–Kier alpha value is -3.29. The maximum atomic E-state index is 13.6. The summed E-state index contributed by atoms with van der Waals surface area (Å²) in [6.45, 7) is 1.62. The highest BCUT2D eigenvalue weighted by molar-refractivity contribution is 7.20. The van der Waals surface area contributed by atoms with Crippen LogP contribution in [0.3, 0.4) is 0 Å². The van der Waals surface area contributed by atoms with Gasteiger partial charge in [0, 0.05) is 19.1 Å². The van der Waals surface area contributed by atoms with Crippen LogP contribution in [-0.4, -0.2) is 58.8 Å². The zero-order valence-electron chi connectivity index (χ0n) is 17.9. The third kappa shape index (κ3) is 3.98. The number of aromatic nitrogens is 2. The SMILES string of the molecule is N#Cc1ccccc1Cn1c(N2CCC[C@@H](N)C2)nc2cc(C(=O)N3CC(F)C3)sc2c1=O. The lowest BCUT2D eigenvalue weighted by Gasteiger charge is -2.33. The lowest BCUT2D eigenvalue weighted by Crippen LogP contribution is -2.51. The molecule has 1 atom stereocenters. The van der Waals surface area contributed by atoms with E-state index in [9.17, 15) is 19.2 Å². The van der Waals surface area contributed by atoms with Crippen molar-refractivity contribution in [2.45, 2.75) is 31.6 Å². The third-order valence-corrected chi connectivity index (χ3v) is 7.26. The van der Waals surface area contributed by atoms with E-state index >= 15 is 0 Å². The van der Waals surface area contributed by atoms with Crippen molar-refractivity contribution >= 4 is 33.4 Å². The van der Waals surface area contributed by atoms with Crippen LogP contribution in [0.4, 0.5) is 10.3 Å². The van der Waals surface area contributed by atoms with Crippen LogP contribution in [0.2, 0.25) is 0 Å². The molecule has 170 valence electrons. The van der Waals surface area contributed by atoms with Gasteiger partial charge in [-0.05, 0) is 30.5 Å². The number of rotatable bonds is 4. The lowest BCUT2D eigenvalue weighted by molar-refractivity contribution is 0.0405. The number of nitrogens with two attached hydrogens (primary N) is 1. The highest BCUT2D eigenvalue weighted by Crippen LogP contribution is 2.28. The summed E-state index contributed by atoms with van der Waals surface area (Å²) in [5.74, 6) is 0.203. The Balaban J connectivity index is 1.61. The van der Waals surface area contributed by atoms with E-state index in [1.165, 1.54) is 4.90 Å². The van der Waals surface area contributed by atoms with Crippen LogP contribution in [0.5, 0.6) is 0 Å². The number of carbonyl (C=O) groups is 1. The number of thiophene rings is 1. The van der Waals surface area contributed by atoms with Crippen molar-refractivity contribution in [1.82, 2.24) is 14.5 Å².